The summed E-state index contributed by atoms with van der Waals surface area (Å²) in [6.45, 7) is 1.42. The van der Waals surface area contributed by atoms with Crippen LogP contribution in [0.4, 0.5) is 6.01 Å². The van der Waals surface area contributed by atoms with Crippen LogP contribution >= 0.6 is 11.3 Å². The molecule has 1 N–H and O–H groups in total. The highest BCUT2D eigenvalue weighted by Crippen LogP contribution is 2.23. The molecule has 1 aromatic carbocycles. The normalized spacial score (nSPS) is 14.8. The maximum Gasteiger partial charge on any atom is 0.302 e. The Balaban J connectivity index is 1.30. The Morgan fingerprint density at radius 1 is 1.14 bits per heavy atom. The molecule has 4 rings (SSSR count). The van der Waals surface area contributed by atoms with Gasteiger partial charge >= 0.3 is 6.01 Å². The topological polar surface area (TPSA) is 75.4 Å². The Morgan fingerprint density at radius 2 is 1.93 bits per heavy atom. The average molecular weight is 395 g/mol. The number of likely N-dealkylation sites (tertiary alicyclic amines) is 1. The van der Waals surface area contributed by atoms with Crippen LogP contribution in [0.1, 0.15) is 38.6 Å². The lowest BCUT2D eigenvalue weighted by atomic mass is 9.90. The third-order valence-corrected chi connectivity index (χ3v) is 5.83. The summed E-state index contributed by atoms with van der Waals surface area (Å²) in [6, 6.07) is 14.0. The molecule has 28 heavy (non-hydrogen) atoms. The molecule has 0 bridgehead atoms. The molecule has 0 aliphatic carbocycles. The van der Waals surface area contributed by atoms with Gasteiger partial charge in [-0.15, -0.1) is 11.3 Å². The van der Waals surface area contributed by atoms with Crippen molar-refractivity contribution in [1.82, 2.24) is 9.88 Å². The molecule has 0 spiro atoms. The number of rotatable bonds is 5. The third kappa shape index (κ3) is 4.31. The Morgan fingerprint density at radius 3 is 2.64 bits per heavy atom. The SMILES string of the molecule is O=C(Nc1nc(C(=O)N2CCC(Cc3ccccc3)CC2)co1)c1cccs1. The zero-order valence-electron chi connectivity index (χ0n) is 15.3. The van der Waals surface area contributed by atoms with Crippen LogP contribution in [0.25, 0.3) is 0 Å². The van der Waals surface area contributed by atoms with Crippen LogP contribution in [0.5, 0.6) is 0 Å². The Hall–Kier alpha value is -2.93. The van der Waals surface area contributed by atoms with Crippen LogP contribution in [-0.4, -0.2) is 34.8 Å². The first-order valence-corrected chi connectivity index (χ1v) is 10.2. The van der Waals surface area contributed by atoms with Crippen LogP contribution in [0.15, 0.2) is 58.5 Å². The summed E-state index contributed by atoms with van der Waals surface area (Å²) in [5.74, 6) is 0.139. The maximum absolute atomic E-state index is 12.7. The standard InChI is InChI=1S/C21H21N3O3S/c25-19(18-7-4-12-28-18)23-21-22-17(14-27-21)20(26)24-10-8-16(9-11-24)13-15-5-2-1-3-6-15/h1-7,12,14,16H,8-11,13H2,(H,22,23,25). The lowest BCUT2D eigenvalue weighted by Gasteiger charge is -2.31. The number of nitrogens with one attached hydrogen (secondary N) is 1. The first kappa shape index (κ1) is 18.4. The van der Waals surface area contributed by atoms with E-state index in [1.54, 1.807) is 12.1 Å². The fourth-order valence-corrected chi connectivity index (χ4v) is 4.06. The van der Waals surface area contributed by atoms with Gasteiger partial charge in [0.2, 0.25) is 0 Å². The Kier molecular flexibility index (Phi) is 5.53. The number of anilines is 1. The quantitative estimate of drug-likeness (QED) is 0.706. The number of carbonyl (C=O) groups excluding carboxylic acids is 2. The van der Waals surface area contributed by atoms with Crippen molar-refractivity contribution in [3.05, 3.63) is 70.2 Å². The largest absolute Gasteiger partial charge is 0.431 e. The molecule has 6 nitrogen and oxygen atoms in total. The van der Waals surface area contributed by atoms with E-state index >= 15 is 0 Å². The van der Waals surface area contributed by atoms with E-state index in [0.29, 0.717) is 23.9 Å². The van der Waals surface area contributed by atoms with Gasteiger partial charge in [-0.3, -0.25) is 14.9 Å². The van der Waals surface area contributed by atoms with E-state index in [4.69, 9.17) is 4.42 Å². The van der Waals surface area contributed by atoms with Crippen molar-refractivity contribution in [2.24, 2.45) is 5.92 Å². The number of thiophene rings is 1. The fourth-order valence-electron chi connectivity index (χ4n) is 3.45. The summed E-state index contributed by atoms with van der Waals surface area (Å²) in [4.78, 5) is 31.2. The highest BCUT2D eigenvalue weighted by molar-refractivity contribution is 7.12. The highest BCUT2D eigenvalue weighted by atomic mass is 32.1. The molecule has 7 heteroatoms. The monoisotopic (exact) mass is 395 g/mol. The molecular formula is C21H21N3O3S. The molecule has 1 fully saturated rings. The van der Waals surface area contributed by atoms with Gasteiger partial charge in [0.15, 0.2) is 5.69 Å². The van der Waals surface area contributed by atoms with Crippen LogP contribution in [0, 0.1) is 5.92 Å². The maximum atomic E-state index is 12.7. The van der Waals surface area contributed by atoms with E-state index in [9.17, 15) is 9.59 Å². The summed E-state index contributed by atoms with van der Waals surface area (Å²) in [7, 11) is 0. The molecule has 0 saturated carbocycles. The van der Waals surface area contributed by atoms with Crippen LogP contribution in [-0.2, 0) is 6.42 Å². The third-order valence-electron chi connectivity index (χ3n) is 4.96. The predicted molar refractivity (Wildman–Crippen MR) is 108 cm³/mol. The number of oxazole rings is 1. The van der Waals surface area contributed by atoms with E-state index in [2.05, 4.69) is 34.6 Å². The Bertz CT molecular complexity index is 929. The van der Waals surface area contributed by atoms with Gasteiger partial charge < -0.3 is 9.32 Å². The second kappa shape index (κ2) is 8.39. The molecule has 1 aliphatic heterocycles. The zero-order valence-corrected chi connectivity index (χ0v) is 16.2. The minimum absolute atomic E-state index is 0.0423. The summed E-state index contributed by atoms with van der Waals surface area (Å²) in [5.41, 5.74) is 1.57. The molecule has 3 heterocycles. The van der Waals surface area contributed by atoms with E-state index in [-0.39, 0.29) is 23.5 Å². The van der Waals surface area contributed by atoms with Gasteiger partial charge in [0, 0.05) is 13.1 Å². The molecule has 0 radical (unpaired) electrons. The highest BCUT2D eigenvalue weighted by Gasteiger charge is 2.26. The fraction of sp³-hybridized carbons (Fsp3) is 0.286. The minimum Gasteiger partial charge on any atom is -0.431 e. The van der Waals surface area contributed by atoms with Gasteiger partial charge in [0.1, 0.15) is 6.26 Å². The van der Waals surface area contributed by atoms with Crippen molar-refractivity contribution in [2.45, 2.75) is 19.3 Å². The first-order chi connectivity index (χ1) is 13.7. The molecule has 2 amide bonds. The number of hydrogen-bond donors (Lipinski definition) is 1. The van der Waals surface area contributed by atoms with Gasteiger partial charge in [-0.2, -0.15) is 4.98 Å². The van der Waals surface area contributed by atoms with Gasteiger partial charge in [0.05, 0.1) is 4.88 Å². The summed E-state index contributed by atoms with van der Waals surface area (Å²) >= 11 is 1.33. The number of carbonyl (C=O) groups is 2. The van der Waals surface area contributed by atoms with Crippen molar-refractivity contribution in [2.75, 3.05) is 18.4 Å². The number of amides is 2. The molecule has 0 unspecified atom stereocenters. The number of benzene rings is 1. The smallest absolute Gasteiger partial charge is 0.302 e. The van der Waals surface area contributed by atoms with Gasteiger partial charge in [-0.05, 0) is 42.2 Å². The minimum atomic E-state index is -0.294. The van der Waals surface area contributed by atoms with Crippen molar-refractivity contribution >= 4 is 29.2 Å². The number of piperidine rings is 1. The second-order valence-corrected chi connectivity index (χ2v) is 7.84. The van der Waals surface area contributed by atoms with Crippen molar-refractivity contribution in [3.63, 3.8) is 0 Å². The summed E-state index contributed by atoms with van der Waals surface area (Å²) in [6.07, 6.45) is 4.30. The van der Waals surface area contributed by atoms with Crippen molar-refractivity contribution in [1.29, 1.82) is 0 Å². The molecule has 2 aromatic heterocycles. The predicted octanol–water partition coefficient (Wildman–Crippen LogP) is 4.08. The molecule has 1 aliphatic rings. The van der Waals surface area contributed by atoms with E-state index in [0.717, 1.165) is 19.3 Å². The summed E-state index contributed by atoms with van der Waals surface area (Å²) in [5, 5.41) is 4.40. The van der Waals surface area contributed by atoms with Crippen LogP contribution < -0.4 is 5.32 Å². The van der Waals surface area contributed by atoms with E-state index in [1.165, 1.54) is 23.2 Å². The number of nitrogens with zero attached hydrogens (tertiary/aromatic N) is 2. The second-order valence-electron chi connectivity index (χ2n) is 6.89. The summed E-state index contributed by atoms with van der Waals surface area (Å²) < 4.78 is 5.26. The average Bonchev–Trinajstić information content (AvgIpc) is 3.41. The first-order valence-electron chi connectivity index (χ1n) is 9.32. The zero-order chi connectivity index (χ0) is 19.3. The molecule has 144 valence electrons. The molecule has 3 aromatic rings. The number of aromatic nitrogens is 1. The molecule has 1 saturated heterocycles. The molecular weight excluding hydrogens is 374 g/mol. The van der Waals surface area contributed by atoms with Gasteiger partial charge in [0.25, 0.3) is 11.8 Å². The van der Waals surface area contributed by atoms with Crippen molar-refractivity contribution < 1.29 is 14.0 Å². The molecule has 0 atom stereocenters. The van der Waals surface area contributed by atoms with Gasteiger partial charge in [-0.1, -0.05) is 36.4 Å². The lowest BCUT2D eigenvalue weighted by molar-refractivity contribution is 0.0684. The lowest BCUT2D eigenvalue weighted by Crippen LogP contribution is -2.39. The van der Waals surface area contributed by atoms with Crippen molar-refractivity contribution in [3.8, 4) is 0 Å². The number of hydrogen-bond acceptors (Lipinski definition) is 5. The van der Waals surface area contributed by atoms with Crippen LogP contribution in [0.2, 0.25) is 0 Å². The van der Waals surface area contributed by atoms with E-state index in [1.807, 2.05) is 16.3 Å². The Labute approximate surface area is 167 Å². The van der Waals surface area contributed by atoms with Crippen LogP contribution in [0.3, 0.4) is 0 Å². The van der Waals surface area contributed by atoms with E-state index < -0.39 is 0 Å². The van der Waals surface area contributed by atoms with Gasteiger partial charge in [-0.25, -0.2) is 0 Å².